The Morgan fingerprint density at radius 1 is 1.25 bits per heavy atom. The molecule has 0 fully saturated rings. The van der Waals surface area contributed by atoms with Gasteiger partial charge in [-0.15, -0.1) is 11.3 Å². The number of H-pyrrole nitrogens is 1. The number of nitrogens with one attached hydrogen (secondary N) is 2. The largest absolute Gasteiger partial charge is 0.417 e. The Morgan fingerprint density at radius 3 is 2.82 bits per heavy atom. The lowest BCUT2D eigenvalue weighted by molar-refractivity contribution is 0.102. The van der Waals surface area contributed by atoms with Crippen LogP contribution in [0.15, 0.2) is 48.6 Å². The van der Waals surface area contributed by atoms with E-state index in [2.05, 4.69) is 15.3 Å². The number of carbonyl (C=O) groups is 1. The van der Waals surface area contributed by atoms with Gasteiger partial charge >= 0.3 is 11.4 Å². The molecule has 0 saturated heterocycles. The number of anilines is 1. The van der Waals surface area contributed by atoms with Gasteiger partial charge in [0.1, 0.15) is 5.56 Å². The summed E-state index contributed by atoms with van der Waals surface area (Å²) in [5.41, 5.74) is 0.856. The van der Waals surface area contributed by atoms with Crippen molar-refractivity contribution in [3.63, 3.8) is 0 Å². The van der Waals surface area contributed by atoms with Gasteiger partial charge in [-0.05, 0) is 12.1 Å². The number of amides is 1. The molecule has 4 aromatic rings. The van der Waals surface area contributed by atoms with Gasteiger partial charge in [0.25, 0.3) is 11.5 Å². The molecule has 0 atom stereocenters. The van der Waals surface area contributed by atoms with E-state index < -0.39 is 22.9 Å². The van der Waals surface area contributed by atoms with Crippen molar-refractivity contribution < 1.29 is 9.21 Å². The van der Waals surface area contributed by atoms with Crippen LogP contribution in [0, 0.1) is 0 Å². The van der Waals surface area contributed by atoms with Gasteiger partial charge in [-0.3, -0.25) is 24.5 Å². The summed E-state index contributed by atoms with van der Waals surface area (Å²) in [6.45, 7) is 0. The van der Waals surface area contributed by atoms with E-state index >= 15 is 0 Å². The average molecular weight is 399 g/mol. The summed E-state index contributed by atoms with van der Waals surface area (Å²) in [5.74, 6) is -1.21. The number of hydrogen-bond donors (Lipinski definition) is 2. The highest BCUT2D eigenvalue weighted by molar-refractivity contribution is 7.14. The molecule has 10 nitrogen and oxygen atoms in total. The predicted octanol–water partition coefficient (Wildman–Crippen LogP) is 0.894. The molecule has 0 bridgehead atoms. The maximum Gasteiger partial charge on any atom is 0.417 e. The first-order valence-electron chi connectivity index (χ1n) is 8.00. The zero-order valence-electron chi connectivity index (χ0n) is 14.7. The quantitative estimate of drug-likeness (QED) is 0.526. The van der Waals surface area contributed by atoms with Crippen molar-refractivity contribution in [3.05, 3.63) is 66.7 Å². The van der Waals surface area contributed by atoms with Gasteiger partial charge in [-0.25, -0.2) is 14.6 Å². The van der Waals surface area contributed by atoms with Gasteiger partial charge in [0.15, 0.2) is 10.7 Å². The van der Waals surface area contributed by atoms with Gasteiger partial charge < -0.3 is 8.98 Å². The van der Waals surface area contributed by atoms with Gasteiger partial charge in [0.05, 0.1) is 11.2 Å². The molecule has 1 aromatic carbocycles. The van der Waals surface area contributed by atoms with E-state index in [1.807, 2.05) is 0 Å². The molecule has 2 N–H and O–H groups in total. The van der Waals surface area contributed by atoms with Crippen LogP contribution in [-0.4, -0.2) is 25.0 Å². The Kier molecular flexibility index (Phi) is 4.08. The van der Waals surface area contributed by atoms with Crippen LogP contribution in [0.1, 0.15) is 10.4 Å². The van der Waals surface area contributed by atoms with Crippen molar-refractivity contribution in [2.45, 2.75) is 0 Å². The summed E-state index contributed by atoms with van der Waals surface area (Å²) in [6.07, 6.45) is 1.19. The van der Waals surface area contributed by atoms with E-state index in [0.29, 0.717) is 22.4 Å². The van der Waals surface area contributed by atoms with E-state index in [-0.39, 0.29) is 10.7 Å². The Morgan fingerprint density at radius 2 is 2.04 bits per heavy atom. The minimum atomic E-state index is -0.690. The van der Waals surface area contributed by atoms with Crippen LogP contribution in [-0.2, 0) is 14.1 Å². The standard InChI is InChI=1S/C17H13N5O5S/c1-21-6-9(14(24)22(2)17(21)26)13(23)20-15-18-11(7-28-15)8-3-4-10-12(5-8)27-16(25)19-10/h3-7H,1-2H3,(H,19,25)(H,18,20,23). The molecule has 4 rings (SSSR count). The number of aromatic amines is 1. The molecule has 0 aliphatic rings. The van der Waals surface area contributed by atoms with Crippen LogP contribution in [0.4, 0.5) is 5.13 Å². The Hall–Kier alpha value is -3.73. The fourth-order valence-electron chi connectivity index (χ4n) is 2.70. The number of nitrogens with zero attached hydrogens (tertiary/aromatic N) is 3. The highest BCUT2D eigenvalue weighted by Gasteiger charge is 2.16. The summed E-state index contributed by atoms with van der Waals surface area (Å²) in [5, 5.41) is 4.57. The molecule has 3 aromatic heterocycles. The van der Waals surface area contributed by atoms with Crippen molar-refractivity contribution in [2.75, 3.05) is 5.32 Å². The van der Waals surface area contributed by atoms with Crippen LogP contribution in [0.5, 0.6) is 0 Å². The first-order valence-corrected chi connectivity index (χ1v) is 8.88. The third-order valence-corrected chi connectivity index (χ3v) is 4.89. The average Bonchev–Trinajstić information content (AvgIpc) is 3.27. The van der Waals surface area contributed by atoms with Crippen molar-refractivity contribution in [2.24, 2.45) is 14.1 Å². The Labute approximate surface area is 159 Å². The zero-order chi connectivity index (χ0) is 20.0. The van der Waals surface area contributed by atoms with Crippen LogP contribution in [0.2, 0.25) is 0 Å². The van der Waals surface area contributed by atoms with E-state index in [4.69, 9.17) is 4.42 Å². The predicted molar refractivity (Wildman–Crippen MR) is 103 cm³/mol. The molecule has 0 radical (unpaired) electrons. The molecular weight excluding hydrogens is 386 g/mol. The number of thiazole rings is 1. The van der Waals surface area contributed by atoms with Crippen molar-refractivity contribution >= 4 is 33.5 Å². The molecule has 28 heavy (non-hydrogen) atoms. The lowest BCUT2D eigenvalue weighted by atomic mass is 10.1. The monoisotopic (exact) mass is 399 g/mol. The number of aromatic nitrogens is 4. The number of rotatable bonds is 3. The molecular formula is C17H13N5O5S. The van der Waals surface area contributed by atoms with E-state index in [9.17, 15) is 19.2 Å². The minimum Gasteiger partial charge on any atom is -0.408 e. The summed E-state index contributed by atoms with van der Waals surface area (Å²) < 4.78 is 7.05. The van der Waals surface area contributed by atoms with E-state index in [1.54, 1.807) is 23.6 Å². The number of benzene rings is 1. The third-order valence-electron chi connectivity index (χ3n) is 4.13. The number of carbonyl (C=O) groups excluding carboxylic acids is 1. The number of hydrogen-bond acceptors (Lipinski definition) is 7. The van der Waals surface area contributed by atoms with Gasteiger partial charge in [0.2, 0.25) is 0 Å². The van der Waals surface area contributed by atoms with E-state index in [1.165, 1.54) is 31.6 Å². The maximum absolute atomic E-state index is 12.4. The molecule has 1 amide bonds. The van der Waals surface area contributed by atoms with Crippen LogP contribution in [0.3, 0.4) is 0 Å². The maximum atomic E-state index is 12.4. The van der Waals surface area contributed by atoms with Gasteiger partial charge in [0, 0.05) is 31.2 Å². The molecule has 0 saturated carbocycles. The van der Waals surface area contributed by atoms with Crippen molar-refractivity contribution in [1.82, 2.24) is 19.1 Å². The molecule has 142 valence electrons. The minimum absolute atomic E-state index is 0.170. The fourth-order valence-corrected chi connectivity index (χ4v) is 3.41. The van der Waals surface area contributed by atoms with Crippen molar-refractivity contribution in [3.8, 4) is 11.3 Å². The molecule has 0 unspecified atom stereocenters. The summed E-state index contributed by atoms with van der Waals surface area (Å²) in [6, 6.07) is 5.12. The smallest absolute Gasteiger partial charge is 0.408 e. The highest BCUT2D eigenvalue weighted by atomic mass is 32.1. The summed E-state index contributed by atoms with van der Waals surface area (Å²) in [7, 11) is 2.76. The molecule has 0 aliphatic heterocycles. The normalized spacial score (nSPS) is 11.1. The lowest BCUT2D eigenvalue weighted by Gasteiger charge is -2.06. The fraction of sp³-hybridized carbons (Fsp3) is 0.118. The molecule has 0 aliphatic carbocycles. The second kappa shape index (κ2) is 6.46. The van der Waals surface area contributed by atoms with Crippen molar-refractivity contribution in [1.29, 1.82) is 0 Å². The van der Waals surface area contributed by atoms with Gasteiger partial charge in [-0.1, -0.05) is 6.07 Å². The first-order chi connectivity index (χ1) is 13.3. The topological polar surface area (TPSA) is 132 Å². The molecule has 0 spiro atoms. The van der Waals surface area contributed by atoms with E-state index in [0.717, 1.165) is 9.13 Å². The summed E-state index contributed by atoms with van der Waals surface area (Å²) in [4.78, 5) is 54.5. The third kappa shape index (κ3) is 2.97. The van der Waals surface area contributed by atoms with Crippen LogP contribution < -0.4 is 22.3 Å². The second-order valence-electron chi connectivity index (χ2n) is 6.02. The zero-order valence-corrected chi connectivity index (χ0v) is 15.5. The van der Waals surface area contributed by atoms with Crippen LogP contribution >= 0.6 is 11.3 Å². The SMILES string of the molecule is Cn1cc(C(=O)Nc2nc(-c3ccc4[nH]c(=O)oc4c3)cs2)c(=O)n(C)c1=O. The number of oxazole rings is 1. The number of fused-ring (bicyclic) bond motifs is 1. The second-order valence-corrected chi connectivity index (χ2v) is 6.88. The highest BCUT2D eigenvalue weighted by Crippen LogP contribution is 2.27. The first kappa shape index (κ1) is 17.7. The molecule has 3 heterocycles. The summed E-state index contributed by atoms with van der Waals surface area (Å²) >= 11 is 1.17. The van der Waals surface area contributed by atoms with Gasteiger partial charge in [-0.2, -0.15) is 0 Å². The Bertz CT molecular complexity index is 1400. The van der Waals surface area contributed by atoms with Crippen LogP contribution in [0.25, 0.3) is 22.4 Å². The Balaban J connectivity index is 1.63. The molecule has 11 heteroatoms. The lowest BCUT2D eigenvalue weighted by Crippen LogP contribution is -2.40. The number of aryl methyl sites for hydroxylation is 1.